The summed E-state index contributed by atoms with van der Waals surface area (Å²) in [5.74, 6) is 0. The summed E-state index contributed by atoms with van der Waals surface area (Å²) in [5.41, 5.74) is 10.7. The number of nitrogens with zero attached hydrogens (tertiary/aromatic N) is 4. The zero-order valence-electron chi connectivity index (χ0n) is 14.5. The molecule has 4 rings (SSSR count). The first-order valence-corrected chi connectivity index (χ1v) is 8.50. The second-order valence-corrected chi connectivity index (χ2v) is 6.13. The molecule has 0 saturated heterocycles. The molecule has 0 fully saturated rings. The Morgan fingerprint density at radius 1 is 1.12 bits per heavy atom. The largest absolute Gasteiger partial charge is 0.334 e. The number of rotatable bonds is 2. The van der Waals surface area contributed by atoms with Crippen LogP contribution in [0, 0.1) is 0 Å². The molecule has 4 heteroatoms. The Balaban J connectivity index is 2.10. The molecule has 1 aliphatic heterocycles. The van der Waals surface area contributed by atoms with Gasteiger partial charge in [-0.15, -0.1) is 10.8 Å². The lowest BCUT2D eigenvalue weighted by Crippen LogP contribution is -2.22. The van der Waals surface area contributed by atoms with Gasteiger partial charge in [0, 0.05) is 24.2 Å². The summed E-state index contributed by atoms with van der Waals surface area (Å²) in [6.07, 6.45) is 0. The van der Waals surface area contributed by atoms with Gasteiger partial charge in [-0.3, -0.25) is 0 Å². The SMILES string of the molecule is C=C=C(C)N1Cc2ccccc2-c2c(nnn2CC)-c2ccccc21. The van der Waals surface area contributed by atoms with Crippen LogP contribution in [0.1, 0.15) is 19.4 Å². The van der Waals surface area contributed by atoms with Crippen LogP contribution in [-0.2, 0) is 13.1 Å². The predicted octanol–water partition coefficient (Wildman–Crippen LogP) is 4.64. The topological polar surface area (TPSA) is 34.0 Å². The van der Waals surface area contributed by atoms with E-state index in [4.69, 9.17) is 0 Å². The maximum Gasteiger partial charge on any atom is 0.123 e. The van der Waals surface area contributed by atoms with E-state index in [9.17, 15) is 0 Å². The van der Waals surface area contributed by atoms with E-state index >= 15 is 0 Å². The standard InChI is InChI=1S/C21H20N4/c1-4-15(3)24-14-16-10-6-7-11-17(16)21-20(22-23-25(21)5-2)18-12-8-9-13-19(18)24/h6-13H,1,5,14H2,2-3H3. The van der Waals surface area contributed by atoms with Gasteiger partial charge in [-0.25, -0.2) is 4.68 Å². The lowest BCUT2D eigenvalue weighted by Gasteiger charge is -2.29. The van der Waals surface area contributed by atoms with E-state index in [1.165, 1.54) is 11.1 Å². The average molecular weight is 328 g/mol. The van der Waals surface area contributed by atoms with E-state index in [0.717, 1.165) is 41.4 Å². The molecule has 0 radical (unpaired) electrons. The smallest absolute Gasteiger partial charge is 0.123 e. The first kappa shape index (κ1) is 15.4. The summed E-state index contributed by atoms with van der Waals surface area (Å²) in [4.78, 5) is 2.25. The van der Waals surface area contributed by atoms with E-state index in [0.29, 0.717) is 0 Å². The predicted molar refractivity (Wildman–Crippen MR) is 101 cm³/mol. The first-order chi connectivity index (χ1) is 12.2. The summed E-state index contributed by atoms with van der Waals surface area (Å²) >= 11 is 0. The molecule has 0 unspecified atom stereocenters. The van der Waals surface area contributed by atoms with Crippen molar-refractivity contribution in [2.45, 2.75) is 26.9 Å². The summed E-state index contributed by atoms with van der Waals surface area (Å²) in [7, 11) is 0. The maximum atomic E-state index is 4.53. The first-order valence-electron chi connectivity index (χ1n) is 8.50. The minimum absolute atomic E-state index is 0.760. The molecular formula is C21H20N4. The second kappa shape index (κ2) is 6.08. The number of benzene rings is 2. The van der Waals surface area contributed by atoms with Crippen LogP contribution < -0.4 is 4.90 Å². The fraction of sp³-hybridized carbons (Fsp3) is 0.190. The van der Waals surface area contributed by atoms with Gasteiger partial charge in [-0.05, 0) is 25.5 Å². The number of anilines is 1. The Kier molecular flexibility index (Phi) is 3.75. The zero-order valence-corrected chi connectivity index (χ0v) is 14.5. The molecule has 25 heavy (non-hydrogen) atoms. The van der Waals surface area contributed by atoms with Crippen molar-refractivity contribution in [1.29, 1.82) is 0 Å². The van der Waals surface area contributed by atoms with Crippen molar-refractivity contribution in [2.24, 2.45) is 0 Å². The highest BCUT2D eigenvalue weighted by Crippen LogP contribution is 2.41. The number of aryl methyl sites for hydroxylation is 1. The van der Waals surface area contributed by atoms with Crippen molar-refractivity contribution < 1.29 is 0 Å². The van der Waals surface area contributed by atoms with Gasteiger partial charge in [0.25, 0.3) is 0 Å². The number of hydrogen-bond acceptors (Lipinski definition) is 3. The molecule has 3 aromatic rings. The van der Waals surface area contributed by atoms with Crippen molar-refractivity contribution in [2.75, 3.05) is 4.90 Å². The molecule has 1 aromatic heterocycles. The molecule has 0 saturated carbocycles. The van der Waals surface area contributed by atoms with Crippen LogP contribution in [-0.4, -0.2) is 15.0 Å². The molecule has 0 aliphatic carbocycles. The van der Waals surface area contributed by atoms with E-state index in [1.54, 1.807) is 0 Å². The van der Waals surface area contributed by atoms with Crippen molar-refractivity contribution >= 4 is 5.69 Å². The lowest BCUT2D eigenvalue weighted by molar-refractivity contribution is 0.632. The number of para-hydroxylation sites is 1. The average Bonchev–Trinajstić information content (AvgIpc) is 3.08. The summed E-state index contributed by atoms with van der Waals surface area (Å²) in [6, 6.07) is 16.8. The molecule has 0 spiro atoms. The summed E-state index contributed by atoms with van der Waals surface area (Å²) in [6.45, 7) is 9.53. The monoisotopic (exact) mass is 328 g/mol. The highest BCUT2D eigenvalue weighted by atomic mass is 15.4. The third-order valence-electron chi connectivity index (χ3n) is 4.75. The Labute approximate surface area is 147 Å². The van der Waals surface area contributed by atoms with Gasteiger partial charge in [0.2, 0.25) is 0 Å². The van der Waals surface area contributed by atoms with Gasteiger partial charge in [-0.2, -0.15) is 0 Å². The molecule has 2 heterocycles. The van der Waals surface area contributed by atoms with Crippen LogP contribution in [0.2, 0.25) is 0 Å². The fourth-order valence-corrected chi connectivity index (χ4v) is 3.43. The Morgan fingerprint density at radius 2 is 1.84 bits per heavy atom. The zero-order chi connectivity index (χ0) is 17.4. The Bertz CT molecular complexity index is 993. The highest BCUT2D eigenvalue weighted by molar-refractivity contribution is 5.88. The molecule has 0 atom stereocenters. The van der Waals surface area contributed by atoms with Gasteiger partial charge in [0.1, 0.15) is 5.69 Å². The second-order valence-electron chi connectivity index (χ2n) is 6.13. The van der Waals surface area contributed by atoms with Crippen molar-refractivity contribution in [3.63, 3.8) is 0 Å². The third kappa shape index (κ3) is 2.39. The van der Waals surface area contributed by atoms with Crippen LogP contribution in [0.25, 0.3) is 22.5 Å². The van der Waals surface area contributed by atoms with Crippen molar-refractivity contribution in [3.8, 4) is 22.5 Å². The molecular weight excluding hydrogens is 308 g/mol. The van der Waals surface area contributed by atoms with Crippen molar-refractivity contribution in [3.05, 3.63) is 72.1 Å². The lowest BCUT2D eigenvalue weighted by atomic mass is 9.95. The van der Waals surface area contributed by atoms with Gasteiger partial charge in [-0.1, -0.05) is 54.3 Å². The van der Waals surface area contributed by atoms with Crippen LogP contribution >= 0.6 is 0 Å². The highest BCUT2D eigenvalue weighted by Gasteiger charge is 2.26. The molecule has 2 aromatic carbocycles. The normalized spacial score (nSPS) is 12.3. The minimum atomic E-state index is 0.760. The molecule has 0 amide bonds. The Hall–Kier alpha value is -3.10. The molecule has 124 valence electrons. The van der Waals surface area contributed by atoms with Crippen LogP contribution in [0.15, 0.2) is 66.5 Å². The molecule has 0 N–H and O–H groups in total. The quantitative estimate of drug-likeness (QED) is 0.643. The number of aromatic nitrogens is 3. The van der Waals surface area contributed by atoms with Crippen LogP contribution in [0.3, 0.4) is 0 Å². The minimum Gasteiger partial charge on any atom is -0.334 e. The van der Waals surface area contributed by atoms with E-state index in [2.05, 4.69) is 76.9 Å². The van der Waals surface area contributed by atoms with Crippen LogP contribution in [0.5, 0.6) is 0 Å². The van der Waals surface area contributed by atoms with Gasteiger partial charge < -0.3 is 4.90 Å². The van der Waals surface area contributed by atoms with Crippen molar-refractivity contribution in [1.82, 2.24) is 15.0 Å². The van der Waals surface area contributed by atoms with E-state index in [-0.39, 0.29) is 0 Å². The van der Waals surface area contributed by atoms with E-state index < -0.39 is 0 Å². The van der Waals surface area contributed by atoms with Crippen LogP contribution in [0.4, 0.5) is 5.69 Å². The number of hydrogen-bond donors (Lipinski definition) is 0. The van der Waals surface area contributed by atoms with Gasteiger partial charge in [0.05, 0.1) is 17.1 Å². The molecule has 4 nitrogen and oxygen atoms in total. The number of allylic oxidation sites excluding steroid dienone is 1. The Morgan fingerprint density at radius 3 is 2.60 bits per heavy atom. The van der Waals surface area contributed by atoms with E-state index in [1.807, 2.05) is 17.7 Å². The fourth-order valence-electron chi connectivity index (χ4n) is 3.43. The molecule has 0 bridgehead atoms. The van der Waals surface area contributed by atoms with Gasteiger partial charge >= 0.3 is 0 Å². The number of fused-ring (bicyclic) bond motifs is 5. The maximum absolute atomic E-state index is 4.53. The van der Waals surface area contributed by atoms with Gasteiger partial charge in [0.15, 0.2) is 0 Å². The summed E-state index contributed by atoms with van der Waals surface area (Å²) in [5, 5.41) is 8.93. The molecule has 1 aliphatic rings. The third-order valence-corrected chi connectivity index (χ3v) is 4.75. The summed E-state index contributed by atoms with van der Waals surface area (Å²) < 4.78 is 1.98.